The molecule has 3 atom stereocenters. The lowest BCUT2D eigenvalue weighted by Gasteiger charge is -2.38. The van der Waals surface area contributed by atoms with Crippen molar-refractivity contribution in [1.82, 2.24) is 45.4 Å². The van der Waals surface area contributed by atoms with E-state index in [0.29, 0.717) is 101 Å². The van der Waals surface area contributed by atoms with Crippen LogP contribution in [0, 0.1) is 12.3 Å². The minimum absolute atomic E-state index is 0.0112. The van der Waals surface area contributed by atoms with Crippen LogP contribution in [0.5, 0.6) is 0 Å². The highest BCUT2D eigenvalue weighted by Crippen LogP contribution is 2.40. The van der Waals surface area contributed by atoms with E-state index in [-0.39, 0.29) is 62.4 Å². The molecule has 1 aliphatic heterocycles. The maximum atomic E-state index is 14.0. The molecule has 0 spiro atoms. The first-order valence-corrected chi connectivity index (χ1v) is 30.7. The summed E-state index contributed by atoms with van der Waals surface area (Å²) in [5.41, 5.74) is 23.6. The zero-order chi connectivity index (χ0) is 61.3. The van der Waals surface area contributed by atoms with Gasteiger partial charge < -0.3 is 61.1 Å². The number of hydrogen-bond acceptors (Lipinski definition) is 17. The van der Waals surface area contributed by atoms with Gasteiger partial charge in [-0.05, 0) is 103 Å². The number of aryl methyl sites for hydroxylation is 2. The van der Waals surface area contributed by atoms with Gasteiger partial charge in [-0.3, -0.25) is 23.7 Å². The lowest BCUT2D eigenvalue weighted by atomic mass is 9.73. The Morgan fingerprint density at radius 2 is 1.45 bits per heavy atom. The molecule has 2 aliphatic rings. The fourth-order valence-electron chi connectivity index (χ4n) is 10.6. The Morgan fingerprint density at radius 3 is 2.09 bits per heavy atom. The molecule has 462 valence electrons. The summed E-state index contributed by atoms with van der Waals surface area (Å²) in [5, 5.41) is 19.3. The average molecular weight is 1210 g/mol. The number of imidazole rings is 1. The molecule has 22 heteroatoms. The van der Waals surface area contributed by atoms with Gasteiger partial charge in [0, 0.05) is 61.9 Å². The highest BCUT2D eigenvalue weighted by Gasteiger charge is 2.44. The van der Waals surface area contributed by atoms with Crippen LogP contribution in [-0.4, -0.2) is 155 Å². The van der Waals surface area contributed by atoms with E-state index in [9.17, 15) is 24.3 Å². The number of rotatable bonds is 31. The summed E-state index contributed by atoms with van der Waals surface area (Å²) in [6, 6.07) is 30.1. The second-order valence-corrected chi connectivity index (χ2v) is 24.0. The molecule has 1 saturated heterocycles. The van der Waals surface area contributed by atoms with E-state index in [1.165, 1.54) is 4.90 Å². The van der Waals surface area contributed by atoms with Crippen LogP contribution in [0.3, 0.4) is 0 Å². The molecule has 1 aliphatic carbocycles. The van der Waals surface area contributed by atoms with E-state index < -0.39 is 29.5 Å². The van der Waals surface area contributed by atoms with Crippen molar-refractivity contribution in [2.24, 2.45) is 11.1 Å². The van der Waals surface area contributed by atoms with Gasteiger partial charge in [0.25, 0.3) is 0 Å². The van der Waals surface area contributed by atoms with E-state index >= 15 is 0 Å². The predicted molar refractivity (Wildman–Crippen MR) is 333 cm³/mol. The number of fused-ring (bicyclic) bond motifs is 1. The van der Waals surface area contributed by atoms with Crippen molar-refractivity contribution < 1.29 is 48.0 Å². The SMILES string of the molecule is Cc1ncsc1-c1ccc(CNC(=O)[C@@H]2C[C@@H](O)CN2C(=O)[C@@H](NC(=O)CCOCCOCCOCCOCCOCCNC(=O)CCc2cccc(-c3ccc4nc(-c5cccnc5N)n(-c5ccc(C6(N)CCC6)cc5)c4n3)c2)C(C)(C)C)cc1. The van der Waals surface area contributed by atoms with Crippen LogP contribution in [0.15, 0.2) is 109 Å². The molecule has 87 heavy (non-hydrogen) atoms. The number of amides is 4. The molecule has 21 nitrogen and oxygen atoms in total. The molecule has 7 aromatic rings. The second kappa shape index (κ2) is 30.4. The Balaban J connectivity index is 0.593. The van der Waals surface area contributed by atoms with E-state index in [1.54, 1.807) is 17.5 Å². The normalized spacial score (nSPS) is 16.0. The summed E-state index contributed by atoms with van der Waals surface area (Å²) < 4.78 is 30.1. The lowest BCUT2D eigenvalue weighted by Crippen LogP contribution is -2.57. The summed E-state index contributed by atoms with van der Waals surface area (Å²) in [6.45, 7) is 11.4. The predicted octanol–water partition coefficient (Wildman–Crippen LogP) is 6.83. The first kappa shape index (κ1) is 63.9. The van der Waals surface area contributed by atoms with E-state index in [1.807, 2.05) is 105 Å². The molecule has 0 radical (unpaired) electrons. The minimum Gasteiger partial charge on any atom is -0.391 e. The van der Waals surface area contributed by atoms with Crippen molar-refractivity contribution in [2.45, 2.75) is 103 Å². The molecule has 4 aromatic heterocycles. The van der Waals surface area contributed by atoms with Crippen LogP contribution in [-0.2, 0) is 61.4 Å². The minimum atomic E-state index is -0.938. The number of hydrogen-bond donors (Lipinski definition) is 6. The third-order valence-corrected chi connectivity index (χ3v) is 16.6. The van der Waals surface area contributed by atoms with Crippen molar-refractivity contribution >= 4 is 51.9 Å². The summed E-state index contributed by atoms with van der Waals surface area (Å²) in [7, 11) is 0. The molecule has 2 fully saturated rings. The zero-order valence-corrected chi connectivity index (χ0v) is 51.0. The van der Waals surface area contributed by atoms with Crippen LogP contribution in [0.1, 0.15) is 81.7 Å². The zero-order valence-electron chi connectivity index (χ0n) is 50.1. The van der Waals surface area contributed by atoms with Gasteiger partial charge in [-0.2, -0.15) is 0 Å². The number of pyridine rings is 2. The molecule has 0 bridgehead atoms. The van der Waals surface area contributed by atoms with Gasteiger partial charge in [-0.1, -0.05) is 75.4 Å². The second-order valence-electron chi connectivity index (χ2n) is 23.1. The highest BCUT2D eigenvalue weighted by atomic mass is 32.1. The van der Waals surface area contributed by atoms with E-state index in [0.717, 1.165) is 69.0 Å². The Kier molecular flexibility index (Phi) is 22.3. The van der Waals surface area contributed by atoms with Gasteiger partial charge in [0.15, 0.2) is 11.5 Å². The largest absolute Gasteiger partial charge is 0.391 e. The number of aliphatic hydroxyl groups is 1. The molecular formula is C65H81N11O10S. The van der Waals surface area contributed by atoms with Crippen LogP contribution < -0.4 is 27.4 Å². The lowest BCUT2D eigenvalue weighted by molar-refractivity contribution is -0.144. The number of benzene rings is 3. The molecule has 9 rings (SSSR count). The Labute approximate surface area is 511 Å². The highest BCUT2D eigenvalue weighted by molar-refractivity contribution is 7.13. The number of nitrogen functional groups attached to an aromatic ring is 1. The third-order valence-electron chi connectivity index (χ3n) is 15.6. The number of carbonyl (C=O) groups excluding carboxylic acids is 4. The van der Waals surface area contributed by atoms with Crippen LogP contribution in [0.2, 0.25) is 0 Å². The first-order valence-electron chi connectivity index (χ1n) is 29.8. The maximum Gasteiger partial charge on any atom is 0.246 e. The molecule has 0 unspecified atom stereocenters. The van der Waals surface area contributed by atoms with Crippen LogP contribution >= 0.6 is 11.3 Å². The number of likely N-dealkylation sites (tertiary alicyclic amines) is 1. The molecule has 5 heterocycles. The molecular weight excluding hydrogens is 1130 g/mol. The van der Waals surface area contributed by atoms with Crippen molar-refractivity contribution in [3.63, 3.8) is 0 Å². The summed E-state index contributed by atoms with van der Waals surface area (Å²) in [5.74, 6) is -0.213. The van der Waals surface area contributed by atoms with Crippen LogP contribution in [0.25, 0.3) is 49.9 Å². The number of thiazole rings is 1. The van der Waals surface area contributed by atoms with Crippen molar-refractivity contribution in [1.29, 1.82) is 0 Å². The monoisotopic (exact) mass is 1210 g/mol. The average Bonchev–Trinajstić information content (AvgIpc) is 1.83. The fourth-order valence-corrected chi connectivity index (χ4v) is 11.4. The summed E-state index contributed by atoms with van der Waals surface area (Å²) in [4.78, 5) is 74.6. The topological polar surface area (TPSA) is 283 Å². The number of nitrogens with zero attached hydrogens (tertiary/aromatic N) is 6. The number of nitrogens with one attached hydrogen (secondary N) is 3. The first-order chi connectivity index (χ1) is 42.0. The number of nitrogens with two attached hydrogens (primary N) is 2. The third kappa shape index (κ3) is 17.2. The quantitative estimate of drug-likeness (QED) is 0.0243. The van der Waals surface area contributed by atoms with E-state index in [4.69, 9.17) is 45.1 Å². The number of anilines is 1. The number of aromatic nitrogens is 5. The number of carbonyl (C=O) groups is 4. The van der Waals surface area contributed by atoms with Gasteiger partial charge in [0.05, 0.1) is 99.5 Å². The van der Waals surface area contributed by atoms with Crippen molar-refractivity contribution in [2.75, 3.05) is 84.9 Å². The molecule has 8 N–H and O–H groups in total. The molecule has 3 aromatic carbocycles. The Hall–Kier alpha value is -7.54. The molecule has 4 amide bonds. The Morgan fingerprint density at radius 1 is 0.759 bits per heavy atom. The maximum absolute atomic E-state index is 14.0. The van der Waals surface area contributed by atoms with Crippen LogP contribution in [0.4, 0.5) is 5.82 Å². The Bertz CT molecular complexity index is 3420. The van der Waals surface area contributed by atoms with E-state index in [2.05, 4.69) is 56.3 Å². The number of ether oxygens (including phenoxy) is 5. The van der Waals surface area contributed by atoms with Gasteiger partial charge in [0.1, 0.15) is 23.4 Å². The van der Waals surface area contributed by atoms with Gasteiger partial charge in [0.2, 0.25) is 23.6 Å². The van der Waals surface area contributed by atoms with Gasteiger partial charge in [-0.15, -0.1) is 11.3 Å². The number of β-amino-alcohol motifs (C(OH)–C–C–N with tert-alkyl or cyclic N) is 1. The van der Waals surface area contributed by atoms with Gasteiger partial charge in [-0.25, -0.2) is 19.9 Å². The molecule has 1 saturated carbocycles. The van der Waals surface area contributed by atoms with Crippen molar-refractivity contribution in [3.05, 3.63) is 131 Å². The van der Waals surface area contributed by atoms with Crippen molar-refractivity contribution in [3.8, 4) is 38.8 Å². The summed E-state index contributed by atoms with van der Waals surface area (Å²) in [6.07, 6.45) is 4.86. The standard InChI is InChI=1S/C65H81N11O10S/c1-43-57(87-42-71-43)46-14-11-45(12-15-46)40-70-62(80)54-39-50(77)41-75(54)63(81)58(64(2,3)4)74-56(79)23-28-82-30-32-84-34-36-86-37-35-85-33-31-83-29-27-68-55(78)22-13-44-8-5-9-47(38-44)52-20-21-53-61(72-52)76(60(73-53)51-10-6-26-69-59(51)66)49-18-16-48(17-19-49)65(67)24-7-25-65/h5-6,8-12,14-21,26,38,42,50,54,58,77H,7,13,22-25,27-37,39-41,67H2,1-4H3,(H2,66,69)(H,68,78)(H,70,80)(H,74,79)/t50-,54+,58-/m1/s1. The van der Waals surface area contributed by atoms with Gasteiger partial charge >= 0.3 is 0 Å². The summed E-state index contributed by atoms with van der Waals surface area (Å²) >= 11 is 1.57. The smallest absolute Gasteiger partial charge is 0.246 e. The number of aliphatic hydroxyl groups excluding tert-OH is 1. The fraction of sp³-hybridized carbons (Fsp3) is 0.446.